The maximum absolute atomic E-state index is 7.26. The van der Waals surface area contributed by atoms with Crippen molar-refractivity contribution in [3.63, 3.8) is 0 Å². The van der Waals surface area contributed by atoms with E-state index in [1.54, 1.807) is 0 Å². The van der Waals surface area contributed by atoms with E-state index in [0.29, 0.717) is 0 Å². The quantitative estimate of drug-likeness (QED) is 0.0306. The first-order chi connectivity index (χ1) is 28.1. The van der Waals surface area contributed by atoms with E-state index in [4.69, 9.17) is 12.8 Å². The standard InChI is InChI=1S/C20H20N4.2C16H13Si.2Au/c1-23(19-10-4-2-5-11-19)16-21-14-8-9-18-15-24(17-22-18)20-12-6-3-7-13-20;2*1-4-12-9-10-14-13-7-5-6-8-15(13)17(2,3)16(14)11-12;;/h2-7,10-13,15H,8-9,14H2,1H3;2*5-11H,2-3H3;;/q-2;2*-1;;. The van der Waals surface area contributed by atoms with Gasteiger partial charge in [-0.15, -0.1) is 53.2 Å². The summed E-state index contributed by atoms with van der Waals surface area (Å²) in [6, 6.07) is 50.2. The molecule has 9 rings (SSSR count). The summed E-state index contributed by atoms with van der Waals surface area (Å²) in [6.07, 6.45) is 24.4. The van der Waals surface area contributed by atoms with Gasteiger partial charge in [0.15, 0.2) is 0 Å². The van der Waals surface area contributed by atoms with Crippen LogP contribution in [0.4, 0.5) is 5.69 Å². The Morgan fingerprint density at radius 2 is 1.10 bits per heavy atom. The number of anilines is 1. The Morgan fingerprint density at radius 1 is 0.633 bits per heavy atom. The molecule has 0 bridgehead atoms. The fourth-order valence-corrected chi connectivity index (χ4v) is 14.1. The molecule has 2 radical (unpaired) electrons. The molecule has 0 atom stereocenters. The average molecular weight is 1180 g/mol. The number of benzene rings is 6. The summed E-state index contributed by atoms with van der Waals surface area (Å²) < 4.78 is 1.92. The maximum atomic E-state index is 7.26. The molecule has 1 aromatic heterocycles. The van der Waals surface area contributed by atoms with Gasteiger partial charge in [-0.3, -0.25) is 11.8 Å². The largest absolute Gasteiger partial charge is 0.498 e. The molecule has 0 saturated carbocycles. The van der Waals surface area contributed by atoms with Gasteiger partial charge in [-0.25, -0.2) is 0 Å². The minimum atomic E-state index is -1.55. The molecule has 0 aliphatic carbocycles. The zero-order valence-electron chi connectivity index (χ0n) is 34.4. The van der Waals surface area contributed by atoms with E-state index in [-0.39, 0.29) is 44.8 Å². The fraction of sp³-hybridized carbons (Fsp3) is 0.154. The van der Waals surface area contributed by atoms with Crippen molar-refractivity contribution in [1.82, 2.24) is 9.55 Å². The van der Waals surface area contributed by atoms with E-state index in [1.807, 2.05) is 95.5 Å². The van der Waals surface area contributed by atoms with Gasteiger partial charge >= 0.3 is 0 Å². The molecule has 4 nitrogen and oxygen atoms in total. The topological polar surface area (TPSA) is 33.4 Å². The Morgan fingerprint density at radius 3 is 1.62 bits per heavy atom. The number of fused-ring (bicyclic) bond motifs is 6. The first-order valence-electron chi connectivity index (χ1n) is 19.7. The molecule has 0 fully saturated rings. The third kappa shape index (κ3) is 9.97. The van der Waals surface area contributed by atoms with Gasteiger partial charge in [0.1, 0.15) is 16.1 Å². The minimum absolute atomic E-state index is 0. The van der Waals surface area contributed by atoms with E-state index < -0.39 is 16.1 Å². The smallest absolute Gasteiger partial charge is 0.111 e. The minimum Gasteiger partial charge on any atom is -0.498 e. The third-order valence-corrected chi connectivity index (χ3v) is 18.2. The number of nitrogens with zero attached hydrogens (tertiary/aromatic N) is 4. The molecule has 0 saturated heterocycles. The van der Waals surface area contributed by atoms with Gasteiger partial charge < -0.3 is 32.3 Å². The van der Waals surface area contributed by atoms with Crippen molar-refractivity contribution in [3.05, 3.63) is 188 Å². The number of hydrogen-bond donors (Lipinski definition) is 0. The van der Waals surface area contributed by atoms with E-state index >= 15 is 0 Å². The molecule has 0 N–H and O–H groups in total. The van der Waals surface area contributed by atoms with Crippen molar-refractivity contribution in [2.75, 3.05) is 18.5 Å². The van der Waals surface area contributed by atoms with Crippen molar-refractivity contribution >= 4 is 48.9 Å². The van der Waals surface area contributed by atoms with Crippen LogP contribution in [-0.2, 0) is 51.2 Å². The second-order valence-electron chi connectivity index (χ2n) is 15.6. The number of para-hydroxylation sites is 2. The summed E-state index contributed by atoms with van der Waals surface area (Å²) in [5.41, 5.74) is 10.4. The summed E-state index contributed by atoms with van der Waals surface area (Å²) in [4.78, 5) is 10.6. The average Bonchev–Trinajstić information content (AvgIpc) is 3.90. The van der Waals surface area contributed by atoms with Crippen LogP contribution in [0.25, 0.3) is 27.9 Å². The normalized spacial score (nSPS) is 12.8. The molecule has 308 valence electrons. The van der Waals surface area contributed by atoms with E-state index in [1.165, 1.54) is 43.0 Å². The van der Waals surface area contributed by atoms with Gasteiger partial charge in [-0.2, -0.15) is 0 Å². The molecular formula is C52H46Au2N4Si2-4. The Labute approximate surface area is 390 Å². The first kappa shape index (κ1) is 46.1. The van der Waals surface area contributed by atoms with Crippen molar-refractivity contribution in [3.8, 4) is 39.8 Å². The summed E-state index contributed by atoms with van der Waals surface area (Å²) in [5, 5.41) is 5.90. The molecule has 2 aliphatic heterocycles. The van der Waals surface area contributed by atoms with Crippen molar-refractivity contribution < 1.29 is 44.8 Å². The number of hydrogen-bond acceptors (Lipinski definition) is 2. The molecular weight excluding hydrogens is 1130 g/mol. The Bertz CT molecular complexity index is 2540. The Hall–Kier alpha value is -4.97. The van der Waals surface area contributed by atoms with Crippen LogP contribution in [0.2, 0.25) is 26.2 Å². The first-order valence-corrected chi connectivity index (χ1v) is 25.7. The van der Waals surface area contributed by atoms with Crippen LogP contribution in [-0.4, -0.2) is 45.6 Å². The summed E-state index contributed by atoms with van der Waals surface area (Å²) in [6.45, 7) is 10.3. The molecule has 0 spiro atoms. The second kappa shape index (κ2) is 20.5. The van der Waals surface area contributed by atoms with Crippen LogP contribution < -0.4 is 25.6 Å². The number of aliphatic imine (C=N–C) groups is 1. The third-order valence-electron chi connectivity index (χ3n) is 11.1. The van der Waals surface area contributed by atoms with Crippen molar-refractivity contribution in [2.45, 2.75) is 39.0 Å². The van der Waals surface area contributed by atoms with E-state index in [9.17, 15) is 0 Å². The van der Waals surface area contributed by atoms with Gasteiger partial charge in [0.2, 0.25) is 0 Å². The molecule has 7 aromatic rings. The monoisotopic (exact) mass is 1180 g/mol. The van der Waals surface area contributed by atoms with Gasteiger partial charge in [-0.1, -0.05) is 170 Å². The van der Waals surface area contributed by atoms with Crippen LogP contribution in [0, 0.1) is 31.0 Å². The summed E-state index contributed by atoms with van der Waals surface area (Å²) >= 11 is 0. The Balaban J connectivity index is 0.000000171. The Kier molecular flexibility index (Phi) is 15.8. The summed E-state index contributed by atoms with van der Waals surface area (Å²) in [5.74, 6) is 4.99. The van der Waals surface area contributed by atoms with Crippen LogP contribution in [0.5, 0.6) is 0 Å². The zero-order chi connectivity index (χ0) is 40.7. The predicted molar refractivity (Wildman–Crippen MR) is 248 cm³/mol. The fourth-order valence-electron chi connectivity index (χ4n) is 7.93. The number of rotatable bonds is 7. The number of aromatic nitrogens is 2. The SMILES string of the molecule is CN([C-]=NCCCc1cn(-c2ccccc2)[c-]n1)c1ccccc1.[Au].[Au].[C-]#Cc1ccc2c(c1)[Si](C)(C)c1ccccc1-2.[C-]#Cc1ccc2c(c1)[Si](C)(C)c1ccccc1-2. The van der Waals surface area contributed by atoms with Crippen LogP contribution in [0.1, 0.15) is 23.2 Å². The predicted octanol–water partition coefficient (Wildman–Crippen LogP) is 8.50. The molecule has 3 heterocycles. The van der Waals surface area contributed by atoms with E-state index in [2.05, 4.69) is 133 Å². The van der Waals surface area contributed by atoms with E-state index in [0.717, 1.165) is 47.6 Å². The molecule has 8 heteroatoms. The van der Waals surface area contributed by atoms with Gasteiger partial charge in [-0.05, 0) is 51.8 Å². The van der Waals surface area contributed by atoms with Crippen LogP contribution >= 0.6 is 0 Å². The van der Waals surface area contributed by atoms with Gasteiger partial charge in [0, 0.05) is 57.6 Å². The van der Waals surface area contributed by atoms with Crippen LogP contribution in [0.15, 0.2) is 157 Å². The van der Waals surface area contributed by atoms with Crippen LogP contribution in [0.3, 0.4) is 0 Å². The van der Waals surface area contributed by atoms with Crippen molar-refractivity contribution in [2.24, 2.45) is 4.99 Å². The summed E-state index contributed by atoms with van der Waals surface area (Å²) in [7, 11) is -1.15. The second-order valence-corrected chi connectivity index (χ2v) is 24.3. The van der Waals surface area contributed by atoms with Crippen molar-refractivity contribution in [1.29, 1.82) is 0 Å². The molecule has 0 unspecified atom stereocenters. The number of aryl methyl sites for hydroxylation is 1. The molecule has 60 heavy (non-hydrogen) atoms. The molecule has 6 aromatic carbocycles. The molecule has 2 aliphatic rings. The number of imidazole rings is 1. The molecule has 0 amide bonds. The van der Waals surface area contributed by atoms with Gasteiger partial charge in [0.25, 0.3) is 0 Å². The van der Waals surface area contributed by atoms with Gasteiger partial charge in [0.05, 0.1) is 0 Å². The maximum Gasteiger partial charge on any atom is 0.111 e. The zero-order valence-corrected chi connectivity index (χ0v) is 40.8.